The minimum Gasteiger partial charge on any atom is -0.341 e. The zero-order chi connectivity index (χ0) is 14.7. The van der Waals surface area contributed by atoms with E-state index in [2.05, 4.69) is 19.2 Å². The van der Waals surface area contributed by atoms with E-state index < -0.39 is 0 Å². The molecule has 1 aliphatic heterocycles. The molecule has 1 N–H and O–H groups in total. The van der Waals surface area contributed by atoms with Gasteiger partial charge in [-0.2, -0.15) is 0 Å². The molecule has 1 aliphatic rings. The van der Waals surface area contributed by atoms with Gasteiger partial charge in [0.25, 0.3) is 0 Å². The zero-order valence-electron chi connectivity index (χ0n) is 11.8. The fourth-order valence-corrected chi connectivity index (χ4v) is 3.12. The molecule has 0 bridgehead atoms. The topological polar surface area (TPSA) is 32.3 Å². The minimum atomic E-state index is 0.0916. The smallest absolute Gasteiger partial charge is 0.222 e. The predicted octanol–water partition coefficient (Wildman–Crippen LogP) is 3.65. The summed E-state index contributed by atoms with van der Waals surface area (Å²) < 4.78 is 0. The van der Waals surface area contributed by atoms with Crippen molar-refractivity contribution in [1.29, 1.82) is 0 Å². The quantitative estimate of drug-likeness (QED) is 0.899. The van der Waals surface area contributed by atoms with Crippen LogP contribution in [0.4, 0.5) is 0 Å². The van der Waals surface area contributed by atoms with Gasteiger partial charge in [0.05, 0.1) is 10.0 Å². The molecule has 2 unspecified atom stereocenters. The fraction of sp³-hybridized carbons (Fsp3) is 0.533. The van der Waals surface area contributed by atoms with Gasteiger partial charge in [-0.1, -0.05) is 35.3 Å². The van der Waals surface area contributed by atoms with Crippen LogP contribution >= 0.6 is 23.2 Å². The van der Waals surface area contributed by atoms with Crippen molar-refractivity contribution in [1.82, 2.24) is 10.2 Å². The first-order valence-corrected chi connectivity index (χ1v) is 7.72. The monoisotopic (exact) mass is 314 g/mol. The van der Waals surface area contributed by atoms with Crippen molar-refractivity contribution in [2.45, 2.75) is 38.8 Å². The molecule has 0 aliphatic carbocycles. The number of rotatable bonds is 5. The molecule has 0 aromatic heterocycles. The summed E-state index contributed by atoms with van der Waals surface area (Å²) in [6, 6.07) is 5.96. The molecule has 1 fully saturated rings. The number of carbonyl (C=O) groups excluding carboxylic acids is 1. The standard InChI is InChI=1S/C15H20Cl2N2O/c1-10(9-19-8-4-7-14(19)20)18-11(2)12-5-3-6-13(16)15(12)17/h3,5-6,10-11,18H,4,7-9H2,1-2H3. The van der Waals surface area contributed by atoms with Gasteiger partial charge in [-0.05, 0) is 31.9 Å². The van der Waals surface area contributed by atoms with E-state index >= 15 is 0 Å². The Morgan fingerprint density at radius 1 is 1.35 bits per heavy atom. The van der Waals surface area contributed by atoms with Gasteiger partial charge < -0.3 is 10.2 Å². The van der Waals surface area contributed by atoms with Crippen molar-refractivity contribution in [3.63, 3.8) is 0 Å². The predicted molar refractivity (Wildman–Crippen MR) is 83.3 cm³/mol. The Bertz CT molecular complexity index is 493. The second-order valence-corrected chi connectivity index (χ2v) is 6.16. The van der Waals surface area contributed by atoms with Gasteiger partial charge in [0.2, 0.25) is 5.91 Å². The highest BCUT2D eigenvalue weighted by atomic mass is 35.5. The Kier molecular flexibility index (Phi) is 5.30. The molecule has 0 radical (unpaired) electrons. The van der Waals surface area contributed by atoms with E-state index in [-0.39, 0.29) is 18.0 Å². The Labute approximate surface area is 130 Å². The largest absolute Gasteiger partial charge is 0.341 e. The first kappa shape index (κ1) is 15.6. The maximum atomic E-state index is 11.6. The average molecular weight is 315 g/mol. The number of hydrogen-bond donors (Lipinski definition) is 1. The molecule has 2 atom stereocenters. The lowest BCUT2D eigenvalue weighted by atomic mass is 10.1. The number of hydrogen-bond acceptors (Lipinski definition) is 2. The molecule has 2 rings (SSSR count). The summed E-state index contributed by atoms with van der Waals surface area (Å²) in [6.07, 6.45) is 1.66. The summed E-state index contributed by atoms with van der Waals surface area (Å²) in [5.41, 5.74) is 0.985. The van der Waals surface area contributed by atoms with Gasteiger partial charge in [0, 0.05) is 31.6 Å². The number of nitrogens with zero attached hydrogens (tertiary/aromatic N) is 1. The highest BCUT2D eigenvalue weighted by molar-refractivity contribution is 6.42. The maximum Gasteiger partial charge on any atom is 0.222 e. The van der Waals surface area contributed by atoms with Gasteiger partial charge >= 0.3 is 0 Å². The number of benzene rings is 1. The molecule has 0 saturated carbocycles. The van der Waals surface area contributed by atoms with Crippen LogP contribution in [0.3, 0.4) is 0 Å². The van der Waals surface area contributed by atoms with Gasteiger partial charge in [-0.3, -0.25) is 4.79 Å². The molecule has 5 heteroatoms. The number of halogens is 2. The van der Waals surface area contributed by atoms with Crippen LogP contribution in [0.2, 0.25) is 10.0 Å². The van der Waals surface area contributed by atoms with Crippen LogP contribution in [0, 0.1) is 0 Å². The van der Waals surface area contributed by atoms with E-state index in [9.17, 15) is 4.79 Å². The van der Waals surface area contributed by atoms with Crippen molar-refractivity contribution in [3.05, 3.63) is 33.8 Å². The molecular weight excluding hydrogens is 295 g/mol. The van der Waals surface area contributed by atoms with Crippen molar-refractivity contribution < 1.29 is 4.79 Å². The third-order valence-electron chi connectivity index (χ3n) is 3.65. The van der Waals surface area contributed by atoms with Crippen LogP contribution < -0.4 is 5.32 Å². The summed E-state index contributed by atoms with van der Waals surface area (Å²) in [5.74, 6) is 0.257. The Hall–Kier alpha value is -0.770. The van der Waals surface area contributed by atoms with Crippen LogP contribution in [0.1, 0.15) is 38.3 Å². The number of likely N-dealkylation sites (tertiary alicyclic amines) is 1. The van der Waals surface area contributed by atoms with E-state index in [0.29, 0.717) is 16.5 Å². The van der Waals surface area contributed by atoms with Gasteiger partial charge in [-0.25, -0.2) is 0 Å². The first-order valence-electron chi connectivity index (χ1n) is 6.96. The molecule has 1 heterocycles. The summed E-state index contributed by atoms with van der Waals surface area (Å²) in [5, 5.41) is 4.64. The fourth-order valence-electron chi connectivity index (χ4n) is 2.65. The van der Waals surface area contributed by atoms with E-state index in [0.717, 1.165) is 25.1 Å². The average Bonchev–Trinajstić information content (AvgIpc) is 2.78. The van der Waals surface area contributed by atoms with E-state index in [1.807, 2.05) is 17.0 Å². The Balaban J connectivity index is 1.95. The van der Waals surface area contributed by atoms with Crippen molar-refractivity contribution in [3.8, 4) is 0 Å². The maximum absolute atomic E-state index is 11.6. The molecule has 20 heavy (non-hydrogen) atoms. The van der Waals surface area contributed by atoms with Crippen LogP contribution in [0.15, 0.2) is 18.2 Å². The molecular formula is C15H20Cl2N2O. The van der Waals surface area contributed by atoms with E-state index in [1.54, 1.807) is 6.07 Å². The van der Waals surface area contributed by atoms with Crippen molar-refractivity contribution in [2.24, 2.45) is 0 Å². The minimum absolute atomic E-state index is 0.0916. The SMILES string of the molecule is CC(CN1CCCC1=O)NC(C)c1cccc(Cl)c1Cl. The molecule has 1 aromatic carbocycles. The summed E-state index contributed by atoms with van der Waals surface area (Å²) in [6.45, 7) is 5.75. The van der Waals surface area contributed by atoms with Crippen LogP contribution in [0.25, 0.3) is 0 Å². The zero-order valence-corrected chi connectivity index (χ0v) is 13.3. The molecule has 3 nitrogen and oxygen atoms in total. The lowest BCUT2D eigenvalue weighted by Crippen LogP contribution is -2.40. The number of nitrogens with one attached hydrogen (secondary N) is 1. The lowest BCUT2D eigenvalue weighted by molar-refractivity contribution is -0.127. The Morgan fingerprint density at radius 2 is 2.10 bits per heavy atom. The molecule has 110 valence electrons. The second kappa shape index (κ2) is 6.79. The molecule has 0 spiro atoms. The summed E-state index contributed by atoms with van der Waals surface area (Å²) in [4.78, 5) is 13.5. The van der Waals surface area contributed by atoms with Crippen LogP contribution in [-0.4, -0.2) is 29.9 Å². The lowest BCUT2D eigenvalue weighted by Gasteiger charge is -2.25. The Morgan fingerprint density at radius 3 is 2.75 bits per heavy atom. The molecule has 1 amide bonds. The number of carbonyl (C=O) groups is 1. The van der Waals surface area contributed by atoms with Crippen molar-refractivity contribution >= 4 is 29.1 Å². The van der Waals surface area contributed by atoms with E-state index in [1.165, 1.54) is 0 Å². The highest BCUT2D eigenvalue weighted by Gasteiger charge is 2.22. The normalized spacial score (nSPS) is 18.4. The third-order valence-corrected chi connectivity index (χ3v) is 4.48. The van der Waals surface area contributed by atoms with Crippen molar-refractivity contribution in [2.75, 3.05) is 13.1 Å². The van der Waals surface area contributed by atoms with Gasteiger partial charge in [0.15, 0.2) is 0 Å². The van der Waals surface area contributed by atoms with Gasteiger partial charge in [-0.15, -0.1) is 0 Å². The third kappa shape index (κ3) is 3.66. The van der Waals surface area contributed by atoms with Crippen LogP contribution in [0.5, 0.6) is 0 Å². The summed E-state index contributed by atoms with van der Waals surface area (Å²) in [7, 11) is 0. The first-order chi connectivity index (χ1) is 9.49. The second-order valence-electron chi connectivity index (χ2n) is 5.38. The van der Waals surface area contributed by atoms with E-state index in [4.69, 9.17) is 23.2 Å². The molecule has 1 saturated heterocycles. The van der Waals surface area contributed by atoms with Gasteiger partial charge in [0.1, 0.15) is 0 Å². The summed E-state index contributed by atoms with van der Waals surface area (Å²) >= 11 is 12.3. The highest BCUT2D eigenvalue weighted by Crippen LogP contribution is 2.29. The number of amides is 1. The van der Waals surface area contributed by atoms with Crippen LogP contribution in [-0.2, 0) is 4.79 Å². The molecule has 1 aromatic rings.